The number of ether oxygens (including phenoxy) is 2. The summed E-state index contributed by atoms with van der Waals surface area (Å²) in [5, 5.41) is 11.7. The van der Waals surface area contributed by atoms with Crippen molar-refractivity contribution in [2.45, 2.75) is 5.92 Å². The van der Waals surface area contributed by atoms with Gasteiger partial charge in [0.2, 0.25) is 17.4 Å². The molecule has 1 atom stereocenters. The normalized spacial score (nSPS) is 16.6. The highest BCUT2D eigenvalue weighted by Crippen LogP contribution is 2.43. The molecule has 1 aromatic heterocycles. The van der Waals surface area contributed by atoms with Gasteiger partial charge in [0.05, 0.1) is 23.5 Å². The lowest BCUT2D eigenvalue weighted by atomic mass is 9.80. The van der Waals surface area contributed by atoms with Crippen molar-refractivity contribution in [3.8, 4) is 6.07 Å². The molecular formula is C19H13ClN2O4S. The lowest BCUT2D eigenvalue weighted by Crippen LogP contribution is -2.28. The molecule has 1 aliphatic rings. The molecule has 0 fully saturated rings. The smallest absolute Gasteiger partial charge is 0.374 e. The zero-order valence-electron chi connectivity index (χ0n) is 14.1. The molecule has 0 bridgehead atoms. The number of nitriles is 1. The number of rotatable bonds is 4. The van der Waals surface area contributed by atoms with Crippen molar-refractivity contribution in [2.75, 3.05) is 7.11 Å². The SMILES string of the molecule is COC(=O)C1=C(C(=O)c2cccs2)C(c2ccccc2Cl)C(C#N)=C(N)O1. The van der Waals surface area contributed by atoms with Crippen LogP contribution >= 0.6 is 22.9 Å². The lowest BCUT2D eigenvalue weighted by molar-refractivity contribution is -0.139. The number of hydrogen-bond donors (Lipinski definition) is 1. The van der Waals surface area contributed by atoms with Gasteiger partial charge in [-0.15, -0.1) is 11.3 Å². The van der Waals surface area contributed by atoms with Gasteiger partial charge in [0, 0.05) is 5.02 Å². The number of halogens is 1. The third-order valence-corrected chi connectivity index (χ3v) is 5.21. The first-order chi connectivity index (χ1) is 13.0. The van der Waals surface area contributed by atoms with Gasteiger partial charge < -0.3 is 15.2 Å². The van der Waals surface area contributed by atoms with Gasteiger partial charge >= 0.3 is 5.97 Å². The van der Waals surface area contributed by atoms with Crippen LogP contribution in [0.15, 0.2) is 64.6 Å². The second-order valence-corrected chi connectivity index (χ2v) is 6.84. The lowest BCUT2D eigenvalue weighted by Gasteiger charge is -2.27. The molecule has 8 heteroatoms. The Bertz CT molecular complexity index is 1020. The highest BCUT2D eigenvalue weighted by Gasteiger charge is 2.40. The van der Waals surface area contributed by atoms with Crippen molar-refractivity contribution in [1.82, 2.24) is 0 Å². The van der Waals surface area contributed by atoms with Crippen molar-refractivity contribution < 1.29 is 19.1 Å². The van der Waals surface area contributed by atoms with Crippen LogP contribution in [0.4, 0.5) is 0 Å². The zero-order chi connectivity index (χ0) is 19.6. The van der Waals surface area contributed by atoms with Crippen LogP contribution in [0.2, 0.25) is 5.02 Å². The van der Waals surface area contributed by atoms with Crippen molar-refractivity contribution in [3.63, 3.8) is 0 Å². The summed E-state index contributed by atoms with van der Waals surface area (Å²) in [6, 6.07) is 12.0. The molecule has 0 aliphatic carbocycles. The Morgan fingerprint density at radius 2 is 2.04 bits per heavy atom. The molecule has 1 aromatic carbocycles. The third-order valence-electron chi connectivity index (χ3n) is 4.00. The second kappa shape index (κ2) is 7.66. The molecule has 2 aromatic rings. The number of ketones is 1. The summed E-state index contributed by atoms with van der Waals surface area (Å²) in [4.78, 5) is 25.9. The van der Waals surface area contributed by atoms with Gasteiger partial charge in [-0.2, -0.15) is 5.26 Å². The number of nitrogens with zero attached hydrogens (tertiary/aromatic N) is 1. The molecule has 3 rings (SSSR count). The van der Waals surface area contributed by atoms with Crippen LogP contribution in [0, 0.1) is 11.3 Å². The Balaban J connectivity index is 2.31. The number of nitrogens with two attached hydrogens (primary N) is 1. The van der Waals surface area contributed by atoms with E-state index in [4.69, 9.17) is 26.8 Å². The minimum Gasteiger partial charge on any atom is -0.463 e. The molecule has 0 amide bonds. The maximum absolute atomic E-state index is 13.2. The van der Waals surface area contributed by atoms with E-state index < -0.39 is 17.7 Å². The van der Waals surface area contributed by atoms with E-state index in [0.717, 1.165) is 7.11 Å². The van der Waals surface area contributed by atoms with Gasteiger partial charge in [0.1, 0.15) is 11.6 Å². The van der Waals surface area contributed by atoms with Crippen LogP contribution in [0.25, 0.3) is 0 Å². The quantitative estimate of drug-likeness (QED) is 0.622. The van der Waals surface area contributed by atoms with Crippen LogP contribution in [0.3, 0.4) is 0 Å². The van der Waals surface area contributed by atoms with Crippen LogP contribution < -0.4 is 5.73 Å². The van der Waals surface area contributed by atoms with Crippen molar-refractivity contribution in [2.24, 2.45) is 5.73 Å². The number of carbonyl (C=O) groups excluding carboxylic acids is 2. The first-order valence-electron chi connectivity index (χ1n) is 7.72. The van der Waals surface area contributed by atoms with E-state index in [0.29, 0.717) is 15.5 Å². The first kappa shape index (κ1) is 18.7. The van der Waals surface area contributed by atoms with Crippen molar-refractivity contribution >= 4 is 34.7 Å². The van der Waals surface area contributed by atoms with Crippen LogP contribution in [0.1, 0.15) is 21.2 Å². The molecule has 2 heterocycles. The van der Waals surface area contributed by atoms with E-state index in [1.54, 1.807) is 41.8 Å². The molecule has 6 nitrogen and oxygen atoms in total. The van der Waals surface area contributed by atoms with Crippen LogP contribution in [0.5, 0.6) is 0 Å². The van der Waals surface area contributed by atoms with Crippen molar-refractivity contribution in [1.29, 1.82) is 5.26 Å². The summed E-state index contributed by atoms with van der Waals surface area (Å²) in [7, 11) is 1.16. The largest absolute Gasteiger partial charge is 0.463 e. The highest BCUT2D eigenvalue weighted by molar-refractivity contribution is 7.12. The van der Waals surface area contributed by atoms with Gasteiger partial charge in [0.15, 0.2) is 0 Å². The highest BCUT2D eigenvalue weighted by atomic mass is 35.5. The average molecular weight is 401 g/mol. The van der Waals surface area contributed by atoms with Crippen molar-refractivity contribution in [3.05, 3.63) is 80.0 Å². The Labute approximate surface area is 164 Å². The van der Waals surface area contributed by atoms with Crippen LogP contribution in [-0.4, -0.2) is 18.9 Å². The van der Waals surface area contributed by atoms with Crippen LogP contribution in [-0.2, 0) is 14.3 Å². The van der Waals surface area contributed by atoms with E-state index in [2.05, 4.69) is 0 Å². The Kier molecular flexibility index (Phi) is 5.31. The predicted octanol–water partition coefficient (Wildman–Crippen LogP) is 3.52. The number of methoxy groups -OCH3 is 1. The van der Waals surface area contributed by atoms with Gasteiger partial charge in [0.25, 0.3) is 0 Å². The fraction of sp³-hybridized carbons (Fsp3) is 0.105. The van der Waals surface area contributed by atoms with E-state index in [-0.39, 0.29) is 22.8 Å². The number of allylic oxidation sites excluding steroid dienone is 2. The molecule has 2 N–H and O–H groups in total. The van der Waals surface area contributed by atoms with Gasteiger partial charge in [-0.1, -0.05) is 35.9 Å². The summed E-state index contributed by atoms with van der Waals surface area (Å²) in [6.45, 7) is 0. The number of esters is 1. The van der Waals surface area contributed by atoms with E-state index >= 15 is 0 Å². The van der Waals surface area contributed by atoms with Gasteiger partial charge in [-0.25, -0.2) is 4.79 Å². The molecular weight excluding hydrogens is 388 g/mol. The topological polar surface area (TPSA) is 102 Å². The number of benzene rings is 1. The minimum absolute atomic E-state index is 0.00402. The fourth-order valence-corrected chi connectivity index (χ4v) is 3.72. The minimum atomic E-state index is -0.957. The first-order valence-corrected chi connectivity index (χ1v) is 8.98. The van der Waals surface area contributed by atoms with E-state index in [1.165, 1.54) is 11.3 Å². The number of Topliss-reactive ketones (excluding diaryl/α,β-unsaturated/α-hetero) is 1. The molecule has 27 heavy (non-hydrogen) atoms. The number of thiophene rings is 1. The average Bonchev–Trinajstić information content (AvgIpc) is 3.21. The molecule has 136 valence electrons. The Hall–Kier alpha value is -3.08. The summed E-state index contributed by atoms with van der Waals surface area (Å²) in [5.74, 6) is -2.91. The molecule has 0 saturated carbocycles. The zero-order valence-corrected chi connectivity index (χ0v) is 15.6. The van der Waals surface area contributed by atoms with Gasteiger partial charge in [-0.3, -0.25) is 4.79 Å². The summed E-state index contributed by atoms with van der Waals surface area (Å²) in [6.07, 6.45) is 0. The molecule has 0 radical (unpaired) electrons. The fourth-order valence-electron chi connectivity index (χ4n) is 2.80. The maximum Gasteiger partial charge on any atom is 0.374 e. The molecule has 1 unspecified atom stereocenters. The third kappa shape index (κ3) is 3.33. The number of carbonyl (C=O) groups is 2. The summed E-state index contributed by atoms with van der Waals surface area (Å²) >= 11 is 7.53. The Morgan fingerprint density at radius 3 is 2.63 bits per heavy atom. The summed E-state index contributed by atoms with van der Waals surface area (Å²) < 4.78 is 10.1. The predicted molar refractivity (Wildman–Crippen MR) is 99.8 cm³/mol. The molecule has 0 saturated heterocycles. The number of hydrogen-bond acceptors (Lipinski definition) is 7. The second-order valence-electron chi connectivity index (χ2n) is 5.49. The molecule has 1 aliphatic heterocycles. The van der Waals surface area contributed by atoms with E-state index in [1.807, 2.05) is 6.07 Å². The van der Waals surface area contributed by atoms with Gasteiger partial charge in [-0.05, 0) is 23.1 Å². The van der Waals surface area contributed by atoms with E-state index in [9.17, 15) is 14.9 Å². The maximum atomic E-state index is 13.2. The molecule has 0 spiro atoms. The standard InChI is InChI=1S/C19H13ClN2O4S/c1-25-19(24)17-15(16(23)13-7-4-8-27-13)14(11(9-21)18(22)26-17)10-5-2-3-6-12(10)20/h2-8,14H,22H2,1H3. The summed E-state index contributed by atoms with van der Waals surface area (Å²) in [5.41, 5.74) is 6.29. The monoisotopic (exact) mass is 400 g/mol. The Morgan fingerprint density at radius 1 is 1.30 bits per heavy atom.